The zero-order valence-corrected chi connectivity index (χ0v) is 12.3. The number of halogens is 2. The molecule has 1 amide bonds. The van der Waals surface area contributed by atoms with Crippen LogP contribution >= 0.6 is 23.2 Å². The van der Waals surface area contributed by atoms with Crippen molar-refractivity contribution in [2.24, 2.45) is 0 Å². The first-order chi connectivity index (χ1) is 9.58. The quantitative estimate of drug-likeness (QED) is 0.837. The van der Waals surface area contributed by atoms with Crippen LogP contribution in [0.15, 0.2) is 36.4 Å². The number of hydrogen-bond acceptors (Lipinski definition) is 3. The summed E-state index contributed by atoms with van der Waals surface area (Å²) >= 11 is 11.8. The summed E-state index contributed by atoms with van der Waals surface area (Å²) in [6.45, 7) is 2.64. The van der Waals surface area contributed by atoms with E-state index in [-0.39, 0.29) is 11.1 Å². The van der Waals surface area contributed by atoms with Crippen LogP contribution in [0, 0.1) is 0 Å². The zero-order chi connectivity index (χ0) is 14.5. The van der Waals surface area contributed by atoms with Gasteiger partial charge in [0.1, 0.15) is 11.0 Å². The van der Waals surface area contributed by atoms with Gasteiger partial charge >= 0.3 is 0 Å². The van der Waals surface area contributed by atoms with E-state index in [4.69, 9.17) is 23.2 Å². The van der Waals surface area contributed by atoms with Gasteiger partial charge in [-0.3, -0.25) is 4.79 Å². The molecule has 104 valence electrons. The number of anilines is 2. The standard InChI is InChI=1S/C14H13Cl2N3O/c1-2-17-13-7-9(6-12(16)19-13)14(20)18-11-5-3-4-10(15)8-11/h3-8H,2H2,1H3,(H,17,19)(H,18,20). The zero-order valence-electron chi connectivity index (χ0n) is 10.8. The number of carbonyl (C=O) groups is 1. The molecular weight excluding hydrogens is 297 g/mol. The Morgan fingerprint density at radius 1 is 1.25 bits per heavy atom. The molecule has 0 aliphatic rings. The van der Waals surface area contributed by atoms with Crippen molar-refractivity contribution in [3.8, 4) is 0 Å². The van der Waals surface area contributed by atoms with Gasteiger partial charge < -0.3 is 10.6 Å². The third kappa shape index (κ3) is 3.85. The lowest BCUT2D eigenvalue weighted by Gasteiger charge is -2.08. The van der Waals surface area contributed by atoms with Crippen LogP contribution < -0.4 is 10.6 Å². The van der Waals surface area contributed by atoms with Crippen molar-refractivity contribution >= 4 is 40.6 Å². The summed E-state index contributed by atoms with van der Waals surface area (Å²) in [7, 11) is 0. The number of benzene rings is 1. The highest BCUT2D eigenvalue weighted by molar-refractivity contribution is 6.31. The fourth-order valence-electron chi connectivity index (χ4n) is 1.67. The van der Waals surface area contributed by atoms with Gasteiger partial charge in [-0.15, -0.1) is 0 Å². The summed E-state index contributed by atoms with van der Waals surface area (Å²) in [6, 6.07) is 10.1. The molecular formula is C14H13Cl2N3O. The summed E-state index contributed by atoms with van der Waals surface area (Å²) in [4.78, 5) is 16.2. The number of aromatic nitrogens is 1. The Hall–Kier alpha value is -1.78. The van der Waals surface area contributed by atoms with E-state index in [1.165, 1.54) is 6.07 Å². The van der Waals surface area contributed by atoms with E-state index in [1.54, 1.807) is 30.3 Å². The van der Waals surface area contributed by atoms with Crippen molar-refractivity contribution in [1.29, 1.82) is 0 Å². The molecule has 0 atom stereocenters. The monoisotopic (exact) mass is 309 g/mol. The molecule has 4 nitrogen and oxygen atoms in total. The molecule has 0 spiro atoms. The predicted molar refractivity (Wildman–Crippen MR) is 82.8 cm³/mol. The van der Waals surface area contributed by atoms with E-state index in [9.17, 15) is 4.79 Å². The summed E-state index contributed by atoms with van der Waals surface area (Å²) in [5.74, 6) is 0.298. The summed E-state index contributed by atoms with van der Waals surface area (Å²) in [6.07, 6.45) is 0. The van der Waals surface area contributed by atoms with Crippen LogP contribution in [0.4, 0.5) is 11.5 Å². The maximum Gasteiger partial charge on any atom is 0.255 e. The number of nitrogens with one attached hydrogen (secondary N) is 2. The normalized spacial score (nSPS) is 10.2. The molecule has 0 aliphatic carbocycles. The molecule has 2 aromatic rings. The second-order valence-electron chi connectivity index (χ2n) is 4.06. The SMILES string of the molecule is CCNc1cc(C(=O)Nc2cccc(Cl)c2)cc(Cl)n1. The second-order valence-corrected chi connectivity index (χ2v) is 4.88. The summed E-state index contributed by atoms with van der Waals surface area (Å²) in [5.41, 5.74) is 1.06. The molecule has 0 unspecified atom stereocenters. The van der Waals surface area contributed by atoms with Crippen LogP contribution in [-0.4, -0.2) is 17.4 Å². The smallest absolute Gasteiger partial charge is 0.255 e. The van der Waals surface area contributed by atoms with Gasteiger partial charge in [-0.1, -0.05) is 29.3 Å². The van der Waals surface area contributed by atoms with Gasteiger partial charge in [-0.25, -0.2) is 4.98 Å². The topological polar surface area (TPSA) is 54.0 Å². The first kappa shape index (κ1) is 14.6. The van der Waals surface area contributed by atoms with Crippen molar-refractivity contribution in [3.63, 3.8) is 0 Å². The van der Waals surface area contributed by atoms with E-state index < -0.39 is 0 Å². The van der Waals surface area contributed by atoms with Crippen LogP contribution in [-0.2, 0) is 0 Å². The molecule has 0 fully saturated rings. The minimum Gasteiger partial charge on any atom is -0.370 e. The molecule has 0 saturated heterocycles. The van der Waals surface area contributed by atoms with Crippen LogP contribution in [0.25, 0.3) is 0 Å². The fraction of sp³-hybridized carbons (Fsp3) is 0.143. The molecule has 0 bridgehead atoms. The van der Waals surface area contributed by atoms with Crippen LogP contribution in [0.1, 0.15) is 17.3 Å². The number of carbonyl (C=O) groups excluding carboxylic acids is 1. The van der Waals surface area contributed by atoms with Crippen LogP contribution in [0.2, 0.25) is 10.2 Å². The van der Waals surface area contributed by atoms with Gasteiger partial charge in [0.2, 0.25) is 0 Å². The maximum atomic E-state index is 12.2. The average Bonchev–Trinajstić information content (AvgIpc) is 2.38. The Kier molecular flexibility index (Phi) is 4.82. The first-order valence-electron chi connectivity index (χ1n) is 6.07. The molecule has 20 heavy (non-hydrogen) atoms. The van der Waals surface area contributed by atoms with E-state index in [1.807, 2.05) is 6.92 Å². The molecule has 0 saturated carbocycles. The molecule has 0 radical (unpaired) electrons. The molecule has 2 N–H and O–H groups in total. The van der Waals surface area contributed by atoms with Gasteiger partial charge in [0.15, 0.2) is 0 Å². The van der Waals surface area contributed by atoms with Gasteiger partial charge in [-0.05, 0) is 37.3 Å². The van der Waals surface area contributed by atoms with Crippen molar-refractivity contribution in [1.82, 2.24) is 4.98 Å². The predicted octanol–water partition coefficient (Wildman–Crippen LogP) is 4.07. The van der Waals surface area contributed by atoms with Crippen LogP contribution in [0.3, 0.4) is 0 Å². The van der Waals surface area contributed by atoms with E-state index in [2.05, 4.69) is 15.6 Å². The largest absolute Gasteiger partial charge is 0.370 e. The van der Waals surface area contributed by atoms with Gasteiger partial charge in [0, 0.05) is 22.8 Å². The molecule has 1 aromatic carbocycles. The minimum absolute atomic E-state index is 0.264. The number of pyridine rings is 1. The highest BCUT2D eigenvalue weighted by Gasteiger charge is 2.09. The maximum absolute atomic E-state index is 12.2. The Morgan fingerprint density at radius 2 is 2.05 bits per heavy atom. The van der Waals surface area contributed by atoms with E-state index in [0.717, 1.165) is 0 Å². The van der Waals surface area contributed by atoms with Crippen molar-refractivity contribution in [2.75, 3.05) is 17.2 Å². The second kappa shape index (κ2) is 6.59. The Balaban J connectivity index is 2.20. The van der Waals surface area contributed by atoms with Crippen LogP contribution in [0.5, 0.6) is 0 Å². The highest BCUT2D eigenvalue weighted by atomic mass is 35.5. The van der Waals surface area contributed by atoms with Crippen molar-refractivity contribution < 1.29 is 4.79 Å². The first-order valence-corrected chi connectivity index (χ1v) is 6.82. The lowest BCUT2D eigenvalue weighted by Crippen LogP contribution is -2.13. The molecule has 1 aromatic heterocycles. The Labute approximate surface area is 127 Å². The lowest BCUT2D eigenvalue weighted by atomic mass is 10.2. The minimum atomic E-state index is -0.268. The third-order valence-corrected chi connectivity index (χ3v) is 2.93. The van der Waals surface area contributed by atoms with Crippen molar-refractivity contribution in [3.05, 3.63) is 52.1 Å². The fourth-order valence-corrected chi connectivity index (χ4v) is 2.07. The number of rotatable bonds is 4. The van der Waals surface area contributed by atoms with E-state index >= 15 is 0 Å². The van der Waals surface area contributed by atoms with Crippen molar-refractivity contribution in [2.45, 2.75) is 6.92 Å². The molecule has 1 heterocycles. The Bertz CT molecular complexity index is 632. The Morgan fingerprint density at radius 3 is 2.75 bits per heavy atom. The summed E-state index contributed by atoms with van der Waals surface area (Å²) in [5, 5.41) is 6.60. The van der Waals surface area contributed by atoms with Gasteiger partial charge in [-0.2, -0.15) is 0 Å². The number of amides is 1. The molecule has 2 rings (SSSR count). The highest BCUT2D eigenvalue weighted by Crippen LogP contribution is 2.18. The van der Waals surface area contributed by atoms with Gasteiger partial charge in [0.25, 0.3) is 5.91 Å². The number of hydrogen-bond donors (Lipinski definition) is 2. The van der Waals surface area contributed by atoms with E-state index in [0.29, 0.717) is 28.6 Å². The summed E-state index contributed by atoms with van der Waals surface area (Å²) < 4.78 is 0. The third-order valence-electron chi connectivity index (χ3n) is 2.50. The number of nitrogens with zero attached hydrogens (tertiary/aromatic N) is 1. The average molecular weight is 310 g/mol. The lowest BCUT2D eigenvalue weighted by molar-refractivity contribution is 0.102. The molecule has 6 heteroatoms. The molecule has 0 aliphatic heterocycles. The van der Waals surface area contributed by atoms with Gasteiger partial charge in [0.05, 0.1) is 0 Å².